The third-order valence-corrected chi connectivity index (χ3v) is 2.82. The summed E-state index contributed by atoms with van der Waals surface area (Å²) < 4.78 is 1.98. The van der Waals surface area contributed by atoms with Gasteiger partial charge in [0.1, 0.15) is 5.69 Å². The molecule has 1 aliphatic carbocycles. The Morgan fingerprint density at radius 2 is 2.25 bits per heavy atom. The minimum Gasteiger partial charge on any atom is -0.308 e. The number of hydrogen-bond donors (Lipinski definition) is 0. The lowest BCUT2D eigenvalue weighted by atomic mass is 10.2. The number of rotatable bonds is 5. The van der Waals surface area contributed by atoms with E-state index in [9.17, 15) is 0 Å². The molecule has 1 heterocycles. The summed E-state index contributed by atoms with van der Waals surface area (Å²) >= 11 is 0. The van der Waals surface area contributed by atoms with E-state index in [-0.39, 0.29) is 0 Å². The lowest BCUT2D eigenvalue weighted by molar-refractivity contribution is 0.366. The zero-order valence-electron chi connectivity index (χ0n) is 9.85. The van der Waals surface area contributed by atoms with Crippen LogP contribution in [0.3, 0.4) is 0 Å². The Morgan fingerprint density at radius 1 is 1.50 bits per heavy atom. The summed E-state index contributed by atoms with van der Waals surface area (Å²) in [6.45, 7) is 1.81. The van der Waals surface area contributed by atoms with Gasteiger partial charge in [-0.25, -0.2) is 4.68 Å². The molecule has 0 unspecified atom stereocenters. The van der Waals surface area contributed by atoms with E-state index < -0.39 is 0 Å². The van der Waals surface area contributed by atoms with E-state index in [1.807, 2.05) is 18.8 Å². The van der Waals surface area contributed by atoms with E-state index >= 15 is 0 Å². The van der Waals surface area contributed by atoms with E-state index in [0.29, 0.717) is 12.3 Å². The van der Waals surface area contributed by atoms with Crippen LogP contribution in [-0.4, -0.2) is 40.5 Å². The molecule has 0 aromatic carbocycles. The lowest BCUT2D eigenvalue weighted by Crippen LogP contribution is -2.20. The van der Waals surface area contributed by atoms with E-state index in [1.54, 1.807) is 0 Å². The number of nitriles is 1. The van der Waals surface area contributed by atoms with Gasteiger partial charge in [-0.3, -0.25) is 0 Å². The molecular formula is C11H17N5. The Morgan fingerprint density at radius 3 is 2.81 bits per heavy atom. The maximum atomic E-state index is 8.74. The van der Waals surface area contributed by atoms with Crippen molar-refractivity contribution < 1.29 is 0 Å². The van der Waals surface area contributed by atoms with Crippen LogP contribution in [0.25, 0.3) is 0 Å². The van der Waals surface area contributed by atoms with Gasteiger partial charge in [0.05, 0.1) is 24.7 Å². The molecular weight excluding hydrogens is 202 g/mol. The van der Waals surface area contributed by atoms with Crippen LogP contribution in [0.2, 0.25) is 0 Å². The van der Waals surface area contributed by atoms with Gasteiger partial charge in [0.25, 0.3) is 0 Å². The highest BCUT2D eigenvalue weighted by atomic mass is 15.4. The molecule has 0 atom stereocenters. The molecule has 1 fully saturated rings. The Labute approximate surface area is 95.7 Å². The third kappa shape index (κ3) is 2.39. The Kier molecular flexibility index (Phi) is 3.20. The first-order valence-electron chi connectivity index (χ1n) is 5.66. The summed E-state index contributed by atoms with van der Waals surface area (Å²) in [5.41, 5.74) is 2.08. The molecule has 1 aliphatic rings. The molecule has 0 radical (unpaired) electrons. The van der Waals surface area contributed by atoms with E-state index in [0.717, 1.165) is 18.8 Å². The summed E-state index contributed by atoms with van der Waals surface area (Å²) in [5.74, 6) is 0.598. The van der Waals surface area contributed by atoms with Crippen molar-refractivity contribution in [1.82, 2.24) is 19.9 Å². The normalized spacial score (nSPS) is 15.4. The molecule has 0 aliphatic heterocycles. The number of hydrogen-bond acceptors (Lipinski definition) is 4. The van der Waals surface area contributed by atoms with Crippen molar-refractivity contribution in [3.8, 4) is 6.07 Å². The topological polar surface area (TPSA) is 57.7 Å². The lowest BCUT2D eigenvalue weighted by Gasteiger charge is -2.11. The van der Waals surface area contributed by atoms with Crippen molar-refractivity contribution >= 4 is 0 Å². The van der Waals surface area contributed by atoms with E-state index in [4.69, 9.17) is 5.26 Å². The fourth-order valence-corrected chi connectivity index (χ4v) is 1.82. The standard InChI is InChI=1S/C11H17N5/c1-15(2)7-8-16-11(9-3-4-9)10(5-6-12)13-14-16/h9H,3-5,7-8H2,1-2H3. The average Bonchev–Trinajstić information content (AvgIpc) is 2.99. The molecule has 2 rings (SSSR count). The zero-order chi connectivity index (χ0) is 11.5. The molecule has 16 heavy (non-hydrogen) atoms. The van der Waals surface area contributed by atoms with Crippen molar-refractivity contribution in [2.24, 2.45) is 0 Å². The van der Waals surface area contributed by atoms with Gasteiger partial charge in [0.15, 0.2) is 0 Å². The zero-order valence-corrected chi connectivity index (χ0v) is 9.85. The molecule has 1 aromatic heterocycles. The summed E-state index contributed by atoms with van der Waals surface area (Å²) in [6, 6.07) is 2.16. The van der Waals surface area contributed by atoms with Gasteiger partial charge in [-0.2, -0.15) is 5.26 Å². The molecule has 0 bridgehead atoms. The molecule has 86 valence electrons. The molecule has 5 nitrogen and oxygen atoms in total. The smallest absolute Gasteiger partial charge is 0.100 e. The molecule has 0 N–H and O–H groups in total. The first-order valence-corrected chi connectivity index (χ1v) is 5.66. The van der Waals surface area contributed by atoms with E-state index in [2.05, 4.69) is 21.3 Å². The monoisotopic (exact) mass is 219 g/mol. The second-order valence-corrected chi connectivity index (χ2v) is 4.56. The highest BCUT2D eigenvalue weighted by molar-refractivity contribution is 5.22. The largest absolute Gasteiger partial charge is 0.308 e. The summed E-state index contributed by atoms with van der Waals surface area (Å²) in [4.78, 5) is 2.13. The SMILES string of the molecule is CN(C)CCn1nnc(CC#N)c1C1CC1. The van der Waals surface area contributed by atoms with Crippen molar-refractivity contribution in [1.29, 1.82) is 5.26 Å². The predicted octanol–water partition coefficient (Wildman–Crippen LogP) is 0.783. The molecule has 0 amide bonds. The van der Waals surface area contributed by atoms with Crippen LogP contribution < -0.4 is 0 Å². The third-order valence-electron chi connectivity index (χ3n) is 2.82. The van der Waals surface area contributed by atoms with Crippen molar-refractivity contribution in [2.45, 2.75) is 31.7 Å². The number of nitrogens with zero attached hydrogens (tertiary/aromatic N) is 5. The minimum absolute atomic E-state index is 0.383. The van der Waals surface area contributed by atoms with Gasteiger partial charge in [0.2, 0.25) is 0 Å². The Hall–Kier alpha value is -1.41. The van der Waals surface area contributed by atoms with Crippen LogP contribution in [-0.2, 0) is 13.0 Å². The van der Waals surface area contributed by atoms with Gasteiger partial charge >= 0.3 is 0 Å². The van der Waals surface area contributed by atoms with Crippen LogP contribution in [0.15, 0.2) is 0 Å². The van der Waals surface area contributed by atoms with Gasteiger partial charge in [-0.15, -0.1) is 5.10 Å². The second-order valence-electron chi connectivity index (χ2n) is 4.56. The van der Waals surface area contributed by atoms with Gasteiger partial charge in [-0.05, 0) is 26.9 Å². The maximum absolute atomic E-state index is 8.74. The van der Waals surface area contributed by atoms with Gasteiger partial charge in [0, 0.05) is 12.5 Å². The first-order chi connectivity index (χ1) is 7.72. The van der Waals surface area contributed by atoms with Gasteiger partial charge in [-0.1, -0.05) is 5.21 Å². The molecule has 1 aromatic rings. The minimum atomic E-state index is 0.383. The molecule has 1 saturated carbocycles. The highest BCUT2D eigenvalue weighted by Crippen LogP contribution is 2.41. The predicted molar refractivity (Wildman–Crippen MR) is 59.9 cm³/mol. The molecule has 5 heteroatoms. The van der Waals surface area contributed by atoms with E-state index in [1.165, 1.54) is 18.5 Å². The summed E-state index contributed by atoms with van der Waals surface area (Å²) in [5, 5.41) is 17.0. The van der Waals surface area contributed by atoms with Crippen LogP contribution in [0.5, 0.6) is 0 Å². The van der Waals surface area contributed by atoms with Crippen molar-refractivity contribution in [2.75, 3.05) is 20.6 Å². The number of likely N-dealkylation sites (N-methyl/N-ethyl adjacent to an activating group) is 1. The first kappa shape index (κ1) is 11.1. The van der Waals surface area contributed by atoms with Crippen LogP contribution in [0, 0.1) is 11.3 Å². The van der Waals surface area contributed by atoms with Gasteiger partial charge < -0.3 is 4.90 Å². The van der Waals surface area contributed by atoms with Crippen LogP contribution in [0.1, 0.15) is 30.1 Å². The van der Waals surface area contributed by atoms with Crippen molar-refractivity contribution in [3.63, 3.8) is 0 Å². The fourth-order valence-electron chi connectivity index (χ4n) is 1.82. The quantitative estimate of drug-likeness (QED) is 0.734. The van der Waals surface area contributed by atoms with Crippen LogP contribution >= 0.6 is 0 Å². The average molecular weight is 219 g/mol. The summed E-state index contributed by atoms with van der Waals surface area (Å²) in [6.07, 6.45) is 2.81. The fraction of sp³-hybridized carbons (Fsp3) is 0.727. The highest BCUT2D eigenvalue weighted by Gasteiger charge is 2.30. The molecule has 0 saturated heterocycles. The van der Waals surface area contributed by atoms with Crippen molar-refractivity contribution in [3.05, 3.63) is 11.4 Å². The maximum Gasteiger partial charge on any atom is 0.100 e. The Bertz CT molecular complexity index is 397. The summed E-state index contributed by atoms with van der Waals surface area (Å²) in [7, 11) is 4.09. The number of aromatic nitrogens is 3. The molecule has 0 spiro atoms. The van der Waals surface area contributed by atoms with Crippen LogP contribution in [0.4, 0.5) is 0 Å². The Balaban J connectivity index is 2.14. The second kappa shape index (κ2) is 4.62.